The number of rotatable bonds is 9. The number of aliphatic hydroxyl groups excluding tert-OH is 1. The molecular formula is C27H32N2O3. The normalized spacial score (nSPS) is 16.2. The maximum absolute atomic E-state index is 11.1. The van der Waals surface area contributed by atoms with Gasteiger partial charge in [-0.1, -0.05) is 60.7 Å². The summed E-state index contributed by atoms with van der Waals surface area (Å²) >= 11 is 0. The number of benzene rings is 3. The van der Waals surface area contributed by atoms with Crippen molar-refractivity contribution in [2.45, 2.75) is 37.7 Å². The van der Waals surface area contributed by atoms with Crippen LogP contribution in [0, 0.1) is 0 Å². The van der Waals surface area contributed by atoms with Gasteiger partial charge in [0.1, 0.15) is 18.5 Å². The minimum absolute atomic E-state index is 0.234. The maximum atomic E-state index is 11.1. The van der Waals surface area contributed by atoms with Crippen molar-refractivity contribution in [3.05, 3.63) is 77.9 Å². The quantitative estimate of drug-likeness (QED) is 0.538. The van der Waals surface area contributed by atoms with Crippen LogP contribution in [-0.2, 0) is 11.2 Å². The molecule has 1 amide bonds. The van der Waals surface area contributed by atoms with E-state index < -0.39 is 6.10 Å². The van der Waals surface area contributed by atoms with Gasteiger partial charge in [0.05, 0.1) is 0 Å². The molecule has 3 N–H and O–H groups in total. The molecule has 1 fully saturated rings. The third kappa shape index (κ3) is 5.87. The average molecular weight is 433 g/mol. The Hall–Kier alpha value is -2.89. The zero-order valence-electron chi connectivity index (χ0n) is 18.5. The maximum Gasteiger partial charge on any atom is 0.217 e. The molecule has 0 aliphatic carbocycles. The number of nitrogens with two attached hydrogens (primary N) is 1. The lowest BCUT2D eigenvalue weighted by molar-refractivity contribution is -0.117. The van der Waals surface area contributed by atoms with E-state index >= 15 is 0 Å². The number of aryl methyl sites for hydroxylation is 1. The number of primary amides is 1. The summed E-state index contributed by atoms with van der Waals surface area (Å²) < 4.78 is 5.88. The van der Waals surface area contributed by atoms with Gasteiger partial charge >= 0.3 is 0 Å². The van der Waals surface area contributed by atoms with E-state index in [1.54, 1.807) is 0 Å². The van der Waals surface area contributed by atoms with Gasteiger partial charge in [0.25, 0.3) is 0 Å². The highest BCUT2D eigenvalue weighted by atomic mass is 16.5. The second-order valence-electron chi connectivity index (χ2n) is 8.72. The van der Waals surface area contributed by atoms with E-state index in [4.69, 9.17) is 10.5 Å². The smallest absolute Gasteiger partial charge is 0.217 e. The molecular weight excluding hydrogens is 400 g/mol. The number of carbonyl (C=O) groups excluding carboxylic acids is 1. The van der Waals surface area contributed by atoms with E-state index in [0.29, 0.717) is 24.6 Å². The predicted molar refractivity (Wildman–Crippen MR) is 128 cm³/mol. The van der Waals surface area contributed by atoms with Crippen LogP contribution in [0.3, 0.4) is 0 Å². The Morgan fingerprint density at radius 1 is 1.03 bits per heavy atom. The largest absolute Gasteiger partial charge is 0.491 e. The fourth-order valence-corrected chi connectivity index (χ4v) is 4.56. The molecule has 0 aromatic heterocycles. The molecule has 3 aromatic rings. The third-order valence-corrected chi connectivity index (χ3v) is 6.35. The van der Waals surface area contributed by atoms with Crippen LogP contribution in [0.5, 0.6) is 5.75 Å². The molecule has 0 radical (unpaired) electrons. The molecule has 3 aromatic carbocycles. The molecule has 1 heterocycles. The summed E-state index contributed by atoms with van der Waals surface area (Å²) in [6, 6.07) is 22.9. The molecule has 1 atom stereocenters. The van der Waals surface area contributed by atoms with Crippen LogP contribution in [0.15, 0.2) is 66.7 Å². The molecule has 1 aliphatic rings. The van der Waals surface area contributed by atoms with E-state index in [-0.39, 0.29) is 18.9 Å². The Balaban J connectivity index is 1.25. The summed E-state index contributed by atoms with van der Waals surface area (Å²) in [7, 11) is 0. The van der Waals surface area contributed by atoms with Crippen molar-refractivity contribution in [1.29, 1.82) is 0 Å². The van der Waals surface area contributed by atoms with Crippen molar-refractivity contribution in [3.8, 4) is 5.75 Å². The number of amides is 1. The average Bonchev–Trinajstić information content (AvgIpc) is 2.82. The first-order valence-electron chi connectivity index (χ1n) is 11.5. The van der Waals surface area contributed by atoms with Crippen LogP contribution < -0.4 is 10.5 Å². The van der Waals surface area contributed by atoms with Crippen molar-refractivity contribution in [2.75, 3.05) is 26.2 Å². The van der Waals surface area contributed by atoms with Crippen LogP contribution in [0.2, 0.25) is 0 Å². The first kappa shape index (κ1) is 22.3. The number of nitrogens with zero attached hydrogens (tertiary/aromatic N) is 1. The SMILES string of the molecule is NC(=O)CCc1ccccc1OCC(O)CN1CCC(c2ccc3ccccc3c2)CC1. The van der Waals surface area contributed by atoms with Gasteiger partial charge in [0, 0.05) is 13.0 Å². The lowest BCUT2D eigenvalue weighted by Gasteiger charge is -2.33. The summed E-state index contributed by atoms with van der Waals surface area (Å²) in [5, 5.41) is 13.1. The molecule has 5 heteroatoms. The number of fused-ring (bicyclic) bond motifs is 1. The molecule has 168 valence electrons. The fraction of sp³-hybridized carbons (Fsp3) is 0.370. The van der Waals surface area contributed by atoms with E-state index in [0.717, 1.165) is 31.5 Å². The topological polar surface area (TPSA) is 75.8 Å². The van der Waals surface area contributed by atoms with Crippen LogP contribution in [0.25, 0.3) is 10.8 Å². The first-order valence-corrected chi connectivity index (χ1v) is 11.5. The number of hydrogen-bond donors (Lipinski definition) is 2. The second kappa shape index (κ2) is 10.6. The highest BCUT2D eigenvalue weighted by molar-refractivity contribution is 5.83. The molecule has 0 bridgehead atoms. The zero-order valence-corrected chi connectivity index (χ0v) is 18.5. The second-order valence-corrected chi connectivity index (χ2v) is 8.72. The van der Waals surface area contributed by atoms with Gasteiger partial charge in [-0.05, 0) is 66.2 Å². The Morgan fingerprint density at radius 2 is 1.75 bits per heavy atom. The molecule has 1 aliphatic heterocycles. The Kier molecular flexibility index (Phi) is 7.40. The zero-order chi connectivity index (χ0) is 22.3. The molecule has 4 rings (SSSR count). The van der Waals surface area contributed by atoms with Gasteiger partial charge in [-0.25, -0.2) is 0 Å². The number of aliphatic hydroxyl groups is 1. The number of piperidine rings is 1. The minimum atomic E-state index is -0.559. The lowest BCUT2D eigenvalue weighted by Crippen LogP contribution is -2.40. The molecule has 0 saturated carbocycles. The van der Waals surface area contributed by atoms with E-state index in [1.165, 1.54) is 16.3 Å². The Morgan fingerprint density at radius 3 is 2.53 bits per heavy atom. The van der Waals surface area contributed by atoms with Gasteiger partial charge in [-0.2, -0.15) is 0 Å². The standard InChI is InChI=1S/C27H32N2O3/c28-27(31)12-11-22-6-3-4-8-26(22)32-19-25(30)18-29-15-13-21(14-16-29)24-10-9-20-5-1-2-7-23(20)17-24/h1-10,17,21,25,30H,11-16,18-19H2,(H2,28,31). The van der Waals surface area contributed by atoms with Gasteiger partial charge in [-0.15, -0.1) is 0 Å². The van der Waals surface area contributed by atoms with Crippen molar-refractivity contribution < 1.29 is 14.6 Å². The van der Waals surface area contributed by atoms with Gasteiger partial charge < -0.3 is 20.5 Å². The summed E-state index contributed by atoms with van der Waals surface area (Å²) in [6.07, 6.45) is 2.47. The first-order chi connectivity index (χ1) is 15.6. The van der Waals surface area contributed by atoms with Gasteiger partial charge in [-0.3, -0.25) is 4.79 Å². The third-order valence-electron chi connectivity index (χ3n) is 6.35. The lowest BCUT2D eigenvalue weighted by atomic mass is 9.88. The van der Waals surface area contributed by atoms with E-state index in [1.807, 2.05) is 24.3 Å². The van der Waals surface area contributed by atoms with Crippen LogP contribution >= 0.6 is 0 Å². The Bertz CT molecular complexity index is 1040. The highest BCUT2D eigenvalue weighted by Crippen LogP contribution is 2.30. The van der Waals surface area contributed by atoms with Crippen LogP contribution in [0.4, 0.5) is 0 Å². The van der Waals surface area contributed by atoms with Gasteiger partial charge in [0.2, 0.25) is 5.91 Å². The van der Waals surface area contributed by atoms with E-state index in [9.17, 15) is 9.90 Å². The number of ether oxygens (including phenoxy) is 1. The summed E-state index contributed by atoms with van der Waals surface area (Å²) in [5.74, 6) is 0.955. The number of carbonyl (C=O) groups is 1. The molecule has 1 saturated heterocycles. The van der Waals surface area contributed by atoms with Crippen molar-refractivity contribution in [2.24, 2.45) is 5.73 Å². The Labute approximate surface area is 189 Å². The minimum Gasteiger partial charge on any atom is -0.491 e. The van der Waals surface area contributed by atoms with Crippen molar-refractivity contribution in [1.82, 2.24) is 4.90 Å². The summed E-state index contributed by atoms with van der Waals surface area (Å²) in [5.41, 5.74) is 7.62. The fourth-order valence-electron chi connectivity index (χ4n) is 4.56. The van der Waals surface area contributed by atoms with Crippen LogP contribution in [-0.4, -0.2) is 48.3 Å². The van der Waals surface area contributed by atoms with Crippen molar-refractivity contribution >= 4 is 16.7 Å². The number of β-amino-alcohol motifs (C(OH)–C–C–N with tert-alkyl or cyclic N) is 1. The number of likely N-dealkylation sites (tertiary alicyclic amines) is 1. The summed E-state index contributed by atoms with van der Waals surface area (Å²) in [6.45, 7) is 2.79. The molecule has 32 heavy (non-hydrogen) atoms. The number of para-hydroxylation sites is 1. The van der Waals surface area contributed by atoms with Gasteiger partial charge in [0.15, 0.2) is 0 Å². The summed E-state index contributed by atoms with van der Waals surface area (Å²) in [4.78, 5) is 13.4. The van der Waals surface area contributed by atoms with E-state index in [2.05, 4.69) is 47.4 Å². The molecule has 0 spiro atoms. The number of hydrogen-bond acceptors (Lipinski definition) is 4. The van der Waals surface area contributed by atoms with Crippen molar-refractivity contribution in [3.63, 3.8) is 0 Å². The highest BCUT2D eigenvalue weighted by Gasteiger charge is 2.22. The molecule has 1 unspecified atom stereocenters. The predicted octanol–water partition coefficient (Wildman–Crippen LogP) is 3.88. The van der Waals surface area contributed by atoms with Crippen LogP contribution in [0.1, 0.15) is 36.3 Å². The monoisotopic (exact) mass is 432 g/mol. The molecule has 5 nitrogen and oxygen atoms in total.